The average molecular weight is 492 g/mol. The Morgan fingerprint density at radius 1 is 0.886 bits per heavy atom. The fraction of sp³-hybridized carbons (Fsp3) is 0.0870. The molecule has 1 heterocycles. The quantitative estimate of drug-likeness (QED) is 0.327. The number of nitrogens with one attached hydrogen (secondary N) is 1. The molecule has 0 saturated heterocycles. The number of nitrogens with two attached hydrogens (primary N) is 1. The molecule has 0 aliphatic rings. The summed E-state index contributed by atoms with van der Waals surface area (Å²) in [5.74, 6) is -0.237. The lowest BCUT2D eigenvalue weighted by molar-refractivity contribution is -0.162. The number of amides is 1. The van der Waals surface area contributed by atoms with Gasteiger partial charge in [-0.2, -0.15) is 31.3 Å². The molecule has 0 saturated carbocycles. The lowest BCUT2D eigenvalue weighted by Gasteiger charge is -2.17. The summed E-state index contributed by atoms with van der Waals surface area (Å²) in [4.78, 5) is 20.5. The second-order valence-electron chi connectivity index (χ2n) is 7.25. The summed E-state index contributed by atoms with van der Waals surface area (Å²) in [6, 6.07) is 12.1. The third-order valence-electron chi connectivity index (χ3n) is 4.86. The standard InChI is InChI=1S/C23H14F6N4O2/c24-22(25,26)17-7-4-13(11-18(17)23(27,28)29)32-20(34)16-3-1-2-12-10-14(5-6-15(12)16)35-19-8-9-31-21(30)33-19/h1-11H,(H,32,34)(H2,30,31,33). The van der Waals surface area contributed by atoms with E-state index in [1.165, 1.54) is 30.5 Å². The van der Waals surface area contributed by atoms with E-state index in [0.29, 0.717) is 16.5 Å². The van der Waals surface area contributed by atoms with Crippen molar-refractivity contribution in [3.63, 3.8) is 0 Å². The van der Waals surface area contributed by atoms with Crippen molar-refractivity contribution in [2.45, 2.75) is 12.4 Å². The van der Waals surface area contributed by atoms with Crippen molar-refractivity contribution in [1.29, 1.82) is 0 Å². The highest BCUT2D eigenvalue weighted by molar-refractivity contribution is 6.13. The smallest absolute Gasteiger partial charge is 0.417 e. The first-order chi connectivity index (χ1) is 16.4. The predicted octanol–water partition coefficient (Wildman–Crippen LogP) is 6.29. The zero-order chi connectivity index (χ0) is 25.4. The van der Waals surface area contributed by atoms with Crippen LogP contribution >= 0.6 is 0 Å². The third-order valence-corrected chi connectivity index (χ3v) is 4.86. The van der Waals surface area contributed by atoms with E-state index in [-0.39, 0.29) is 29.5 Å². The van der Waals surface area contributed by atoms with Gasteiger partial charge in [-0.05, 0) is 53.2 Å². The summed E-state index contributed by atoms with van der Waals surface area (Å²) in [5.41, 5.74) is 1.44. The van der Waals surface area contributed by atoms with Crippen molar-refractivity contribution >= 4 is 28.3 Å². The van der Waals surface area contributed by atoms with Crippen LogP contribution in [0.2, 0.25) is 0 Å². The molecule has 0 radical (unpaired) electrons. The van der Waals surface area contributed by atoms with Crippen LogP contribution in [0.3, 0.4) is 0 Å². The number of aromatic nitrogens is 2. The number of hydrogen-bond acceptors (Lipinski definition) is 5. The molecule has 0 bridgehead atoms. The molecule has 12 heteroatoms. The van der Waals surface area contributed by atoms with E-state index >= 15 is 0 Å². The zero-order valence-electron chi connectivity index (χ0n) is 17.4. The van der Waals surface area contributed by atoms with Gasteiger partial charge in [-0.3, -0.25) is 4.79 Å². The first-order valence-corrected chi connectivity index (χ1v) is 9.81. The predicted molar refractivity (Wildman–Crippen MR) is 115 cm³/mol. The SMILES string of the molecule is Nc1nccc(Oc2ccc3c(C(=O)Nc4ccc(C(F)(F)F)c(C(F)(F)F)c4)cccc3c2)n1. The molecule has 180 valence electrons. The van der Waals surface area contributed by atoms with Crippen molar-refractivity contribution in [1.82, 2.24) is 9.97 Å². The molecule has 0 spiro atoms. The lowest BCUT2D eigenvalue weighted by atomic mass is 10.0. The van der Waals surface area contributed by atoms with Crippen LogP contribution < -0.4 is 15.8 Å². The number of fused-ring (bicyclic) bond motifs is 1. The number of rotatable bonds is 4. The largest absolute Gasteiger partial charge is 0.439 e. The monoisotopic (exact) mass is 492 g/mol. The third kappa shape index (κ3) is 5.26. The van der Waals surface area contributed by atoms with Crippen LogP contribution in [0.1, 0.15) is 21.5 Å². The van der Waals surface area contributed by atoms with Gasteiger partial charge in [-0.1, -0.05) is 12.1 Å². The van der Waals surface area contributed by atoms with Crippen molar-refractivity contribution in [3.8, 4) is 11.6 Å². The molecular formula is C23H14F6N4O2. The summed E-state index contributed by atoms with van der Waals surface area (Å²) in [6.45, 7) is 0. The molecule has 1 aromatic heterocycles. The Labute approximate surface area is 193 Å². The highest BCUT2D eigenvalue weighted by Crippen LogP contribution is 2.41. The van der Waals surface area contributed by atoms with Crippen molar-refractivity contribution in [2.24, 2.45) is 0 Å². The van der Waals surface area contributed by atoms with Gasteiger partial charge in [0.2, 0.25) is 11.8 Å². The second kappa shape index (κ2) is 8.78. The summed E-state index contributed by atoms with van der Waals surface area (Å²) in [6.07, 6.45) is -9.07. The molecule has 6 nitrogen and oxygen atoms in total. The Bertz CT molecular complexity index is 1420. The summed E-state index contributed by atoms with van der Waals surface area (Å²) >= 11 is 0. The molecule has 3 aromatic carbocycles. The minimum Gasteiger partial charge on any atom is -0.439 e. The van der Waals surface area contributed by atoms with Crippen LogP contribution in [0, 0.1) is 0 Å². The van der Waals surface area contributed by atoms with Crippen molar-refractivity contribution < 1.29 is 35.9 Å². The van der Waals surface area contributed by atoms with Gasteiger partial charge in [0.15, 0.2) is 0 Å². The van der Waals surface area contributed by atoms with Crippen LogP contribution in [0.25, 0.3) is 10.8 Å². The minimum absolute atomic E-state index is 0.0131. The van der Waals surface area contributed by atoms with E-state index in [0.717, 1.165) is 6.07 Å². The fourth-order valence-electron chi connectivity index (χ4n) is 3.36. The topological polar surface area (TPSA) is 90.1 Å². The number of carbonyl (C=O) groups is 1. The molecule has 4 rings (SSSR count). The molecule has 0 aliphatic heterocycles. The lowest BCUT2D eigenvalue weighted by Crippen LogP contribution is -2.18. The summed E-state index contributed by atoms with van der Waals surface area (Å²) in [5, 5.41) is 3.22. The van der Waals surface area contributed by atoms with Gasteiger partial charge in [-0.15, -0.1) is 0 Å². The van der Waals surface area contributed by atoms with E-state index in [9.17, 15) is 31.1 Å². The molecule has 1 amide bonds. The Morgan fingerprint density at radius 2 is 1.63 bits per heavy atom. The van der Waals surface area contributed by atoms with E-state index < -0.39 is 35.1 Å². The number of alkyl halides is 6. The molecule has 0 unspecified atom stereocenters. The van der Waals surface area contributed by atoms with Crippen LogP contribution in [0.4, 0.5) is 38.0 Å². The number of hydrogen-bond donors (Lipinski definition) is 2. The second-order valence-corrected chi connectivity index (χ2v) is 7.25. The molecule has 3 N–H and O–H groups in total. The summed E-state index contributed by atoms with van der Waals surface area (Å²) < 4.78 is 84.2. The Hall–Kier alpha value is -4.35. The molecule has 0 atom stereocenters. The van der Waals surface area contributed by atoms with Gasteiger partial charge >= 0.3 is 12.4 Å². The van der Waals surface area contributed by atoms with Gasteiger partial charge in [0, 0.05) is 23.5 Å². The number of ether oxygens (including phenoxy) is 1. The zero-order valence-corrected chi connectivity index (χ0v) is 17.4. The maximum atomic E-state index is 13.2. The first kappa shape index (κ1) is 23.8. The summed E-state index contributed by atoms with van der Waals surface area (Å²) in [7, 11) is 0. The van der Waals surface area contributed by atoms with Crippen LogP contribution in [0.5, 0.6) is 11.6 Å². The van der Waals surface area contributed by atoms with E-state index in [1.807, 2.05) is 0 Å². The molecule has 4 aromatic rings. The highest BCUT2D eigenvalue weighted by Gasteiger charge is 2.43. The molecular weight excluding hydrogens is 478 g/mol. The van der Waals surface area contributed by atoms with Crippen molar-refractivity contribution in [2.75, 3.05) is 11.1 Å². The van der Waals surface area contributed by atoms with Gasteiger partial charge < -0.3 is 15.8 Å². The molecule has 0 fully saturated rings. The number of halogens is 6. The van der Waals surface area contributed by atoms with E-state index in [2.05, 4.69) is 15.3 Å². The number of benzene rings is 3. The molecule has 35 heavy (non-hydrogen) atoms. The highest BCUT2D eigenvalue weighted by atomic mass is 19.4. The Morgan fingerprint density at radius 3 is 2.31 bits per heavy atom. The first-order valence-electron chi connectivity index (χ1n) is 9.81. The normalized spacial score (nSPS) is 11.9. The van der Waals surface area contributed by atoms with Crippen LogP contribution in [0.15, 0.2) is 66.9 Å². The maximum absolute atomic E-state index is 13.2. The fourth-order valence-corrected chi connectivity index (χ4v) is 3.36. The van der Waals surface area contributed by atoms with Gasteiger partial charge in [0.1, 0.15) is 5.75 Å². The average Bonchev–Trinajstić information content (AvgIpc) is 2.77. The van der Waals surface area contributed by atoms with Gasteiger partial charge in [0.05, 0.1) is 11.1 Å². The van der Waals surface area contributed by atoms with Crippen molar-refractivity contribution in [3.05, 3.63) is 83.6 Å². The Balaban J connectivity index is 1.63. The van der Waals surface area contributed by atoms with Crippen LogP contribution in [-0.2, 0) is 12.4 Å². The number of anilines is 2. The number of nitrogens with zero attached hydrogens (tertiary/aromatic N) is 2. The minimum atomic E-state index is -5.27. The Kier molecular flexibility index (Phi) is 5.97. The number of carbonyl (C=O) groups excluding carboxylic acids is 1. The van der Waals surface area contributed by atoms with Crippen LogP contribution in [-0.4, -0.2) is 15.9 Å². The molecule has 0 aliphatic carbocycles. The number of nitrogen functional groups attached to an aromatic ring is 1. The van der Waals surface area contributed by atoms with E-state index in [1.54, 1.807) is 18.2 Å². The van der Waals surface area contributed by atoms with Gasteiger partial charge in [0.25, 0.3) is 5.91 Å². The maximum Gasteiger partial charge on any atom is 0.417 e. The van der Waals surface area contributed by atoms with E-state index in [4.69, 9.17) is 10.5 Å². The van der Waals surface area contributed by atoms with Gasteiger partial charge in [-0.25, -0.2) is 4.98 Å².